The fraction of sp³-hybridized carbons (Fsp3) is 1.00. The third-order valence-corrected chi connectivity index (χ3v) is 1.85. The molecule has 2 nitrogen and oxygen atoms in total. The molecule has 2 heteroatoms. The van der Waals surface area contributed by atoms with Crippen LogP contribution in [0.5, 0.6) is 0 Å². The molecule has 0 radical (unpaired) electrons. The Kier molecular flexibility index (Phi) is 3.82. The first kappa shape index (κ1) is 8.92. The maximum absolute atomic E-state index is 9.19. The van der Waals surface area contributed by atoms with Crippen LogP contribution in [0.25, 0.3) is 0 Å². The van der Waals surface area contributed by atoms with Crippen LogP contribution in [-0.4, -0.2) is 18.4 Å². The van der Waals surface area contributed by atoms with E-state index in [1.807, 2.05) is 6.92 Å². The van der Waals surface area contributed by atoms with E-state index in [0.717, 1.165) is 0 Å². The van der Waals surface area contributed by atoms with Crippen molar-refractivity contribution in [1.82, 2.24) is 5.32 Å². The van der Waals surface area contributed by atoms with Crippen molar-refractivity contribution in [3.8, 4) is 0 Å². The molecule has 0 amide bonds. The van der Waals surface area contributed by atoms with Gasteiger partial charge in [0.15, 0.2) is 0 Å². The zero-order valence-electron chi connectivity index (χ0n) is 6.68. The summed E-state index contributed by atoms with van der Waals surface area (Å²) in [6, 6.07) is 0. The number of hydrogen-bond donors (Lipinski definition) is 2. The molecule has 0 heterocycles. The van der Waals surface area contributed by atoms with Gasteiger partial charge in [-0.1, -0.05) is 20.8 Å². The summed E-state index contributed by atoms with van der Waals surface area (Å²) >= 11 is 0. The maximum Gasteiger partial charge on any atom is 0.107 e. The number of hydrogen-bond acceptors (Lipinski definition) is 2. The summed E-state index contributed by atoms with van der Waals surface area (Å²) in [5, 5.41) is 12.0. The van der Waals surface area contributed by atoms with Crippen molar-refractivity contribution in [2.45, 2.75) is 27.0 Å². The molecule has 2 N–H and O–H groups in total. The summed E-state index contributed by atoms with van der Waals surface area (Å²) in [6.45, 7) is 6.24. The second kappa shape index (κ2) is 3.85. The minimum atomic E-state index is -0.356. The number of aliphatic hydroxyl groups excluding tert-OH is 1. The minimum Gasteiger partial charge on any atom is -0.378 e. The Morgan fingerprint density at radius 3 is 1.78 bits per heavy atom. The van der Waals surface area contributed by atoms with Gasteiger partial charge < -0.3 is 5.11 Å². The molecule has 9 heavy (non-hydrogen) atoms. The normalized spacial score (nSPS) is 18.0. The van der Waals surface area contributed by atoms with E-state index in [9.17, 15) is 5.11 Å². The molecule has 0 aliphatic rings. The van der Waals surface area contributed by atoms with Crippen molar-refractivity contribution in [3.05, 3.63) is 0 Å². The van der Waals surface area contributed by atoms with Crippen molar-refractivity contribution < 1.29 is 5.11 Å². The molecule has 0 aromatic carbocycles. The van der Waals surface area contributed by atoms with Gasteiger partial charge in [0.2, 0.25) is 0 Å². The van der Waals surface area contributed by atoms with Crippen LogP contribution in [-0.2, 0) is 0 Å². The molecule has 0 fully saturated rings. The first-order valence-electron chi connectivity index (χ1n) is 3.45. The van der Waals surface area contributed by atoms with Gasteiger partial charge in [-0.05, 0) is 18.9 Å². The van der Waals surface area contributed by atoms with E-state index in [2.05, 4.69) is 19.2 Å². The van der Waals surface area contributed by atoms with E-state index in [-0.39, 0.29) is 6.23 Å². The molecule has 0 bridgehead atoms. The summed E-state index contributed by atoms with van der Waals surface area (Å²) < 4.78 is 0. The van der Waals surface area contributed by atoms with Crippen LogP contribution in [0, 0.1) is 11.8 Å². The SMILES string of the molecule is CN[C@H](O)[C@H](C)C(C)C. The smallest absolute Gasteiger partial charge is 0.107 e. The number of rotatable bonds is 3. The van der Waals surface area contributed by atoms with Crippen molar-refractivity contribution in [2.75, 3.05) is 7.05 Å². The van der Waals surface area contributed by atoms with E-state index in [0.29, 0.717) is 11.8 Å². The average Bonchev–Trinajstić information content (AvgIpc) is 1.84. The zero-order chi connectivity index (χ0) is 7.44. The minimum absolute atomic E-state index is 0.329. The first-order valence-corrected chi connectivity index (χ1v) is 3.45. The van der Waals surface area contributed by atoms with Crippen molar-refractivity contribution in [1.29, 1.82) is 0 Å². The Bertz CT molecular complexity index is 73.3. The Labute approximate surface area is 57.3 Å². The lowest BCUT2D eigenvalue weighted by Crippen LogP contribution is -2.34. The molecule has 0 saturated carbocycles. The molecule has 56 valence electrons. The van der Waals surface area contributed by atoms with Gasteiger partial charge in [-0.2, -0.15) is 0 Å². The summed E-state index contributed by atoms with van der Waals surface area (Å²) in [4.78, 5) is 0. The van der Waals surface area contributed by atoms with Gasteiger partial charge >= 0.3 is 0 Å². The monoisotopic (exact) mass is 131 g/mol. The summed E-state index contributed by atoms with van der Waals surface area (Å²) in [6.07, 6.45) is -0.356. The van der Waals surface area contributed by atoms with Crippen LogP contribution < -0.4 is 5.32 Å². The summed E-state index contributed by atoms with van der Waals surface area (Å²) in [5.41, 5.74) is 0. The molecule has 0 aliphatic heterocycles. The molecular weight excluding hydrogens is 114 g/mol. The van der Waals surface area contributed by atoms with Gasteiger partial charge in [-0.25, -0.2) is 0 Å². The second-order valence-electron chi connectivity index (χ2n) is 2.84. The highest BCUT2D eigenvalue weighted by molar-refractivity contribution is 4.62. The lowest BCUT2D eigenvalue weighted by molar-refractivity contribution is 0.0684. The van der Waals surface area contributed by atoms with Crippen LogP contribution >= 0.6 is 0 Å². The molecule has 0 aromatic heterocycles. The largest absolute Gasteiger partial charge is 0.378 e. The Hall–Kier alpha value is -0.0800. The summed E-state index contributed by atoms with van der Waals surface area (Å²) in [7, 11) is 1.77. The van der Waals surface area contributed by atoms with Gasteiger partial charge in [0.05, 0.1) is 0 Å². The molecule has 0 rings (SSSR count). The van der Waals surface area contributed by atoms with E-state index >= 15 is 0 Å². The maximum atomic E-state index is 9.19. The molecule has 0 aliphatic carbocycles. The Morgan fingerprint density at radius 1 is 1.22 bits per heavy atom. The quantitative estimate of drug-likeness (QED) is 0.556. The van der Waals surface area contributed by atoms with Gasteiger partial charge in [0, 0.05) is 0 Å². The second-order valence-corrected chi connectivity index (χ2v) is 2.84. The van der Waals surface area contributed by atoms with E-state index in [4.69, 9.17) is 0 Å². The molecule has 0 saturated heterocycles. The van der Waals surface area contributed by atoms with Gasteiger partial charge in [0.1, 0.15) is 6.23 Å². The summed E-state index contributed by atoms with van der Waals surface area (Å²) in [5.74, 6) is 0.863. The predicted octanol–water partition coefficient (Wildman–Crippen LogP) is 0.816. The lowest BCUT2D eigenvalue weighted by atomic mass is 9.96. The topological polar surface area (TPSA) is 32.3 Å². The lowest BCUT2D eigenvalue weighted by Gasteiger charge is -2.21. The zero-order valence-corrected chi connectivity index (χ0v) is 6.68. The van der Waals surface area contributed by atoms with Crippen LogP contribution in [0.15, 0.2) is 0 Å². The highest BCUT2D eigenvalue weighted by Gasteiger charge is 2.14. The highest BCUT2D eigenvalue weighted by Crippen LogP contribution is 2.11. The van der Waals surface area contributed by atoms with Crippen LogP contribution in [0.3, 0.4) is 0 Å². The first-order chi connectivity index (χ1) is 4.09. The molecule has 0 unspecified atom stereocenters. The fourth-order valence-corrected chi connectivity index (χ4v) is 0.627. The molecular formula is C7H17NO. The number of nitrogens with one attached hydrogen (secondary N) is 1. The van der Waals surface area contributed by atoms with Crippen molar-refractivity contribution >= 4 is 0 Å². The third-order valence-electron chi connectivity index (χ3n) is 1.85. The van der Waals surface area contributed by atoms with Crippen LogP contribution in [0.4, 0.5) is 0 Å². The van der Waals surface area contributed by atoms with Crippen LogP contribution in [0.1, 0.15) is 20.8 Å². The highest BCUT2D eigenvalue weighted by atomic mass is 16.3. The molecule has 2 atom stereocenters. The van der Waals surface area contributed by atoms with Crippen molar-refractivity contribution in [3.63, 3.8) is 0 Å². The predicted molar refractivity (Wildman–Crippen MR) is 39.1 cm³/mol. The van der Waals surface area contributed by atoms with E-state index in [1.54, 1.807) is 7.05 Å². The van der Waals surface area contributed by atoms with E-state index < -0.39 is 0 Å². The van der Waals surface area contributed by atoms with Gasteiger partial charge in [-0.3, -0.25) is 5.32 Å². The standard InChI is InChI=1S/C7H17NO/c1-5(2)6(3)7(9)8-4/h5-9H,1-4H3/t6-,7-/m1/s1. The Morgan fingerprint density at radius 2 is 1.67 bits per heavy atom. The van der Waals surface area contributed by atoms with Gasteiger partial charge in [0.25, 0.3) is 0 Å². The molecule has 0 aromatic rings. The van der Waals surface area contributed by atoms with Crippen molar-refractivity contribution in [2.24, 2.45) is 11.8 Å². The number of aliphatic hydroxyl groups is 1. The average molecular weight is 131 g/mol. The van der Waals surface area contributed by atoms with E-state index in [1.165, 1.54) is 0 Å². The van der Waals surface area contributed by atoms with Crippen LogP contribution in [0.2, 0.25) is 0 Å². The fourth-order valence-electron chi connectivity index (χ4n) is 0.627. The van der Waals surface area contributed by atoms with Gasteiger partial charge in [-0.15, -0.1) is 0 Å². The Balaban J connectivity index is 3.58. The molecule has 0 spiro atoms. The third kappa shape index (κ3) is 2.82.